The summed E-state index contributed by atoms with van der Waals surface area (Å²) in [4.78, 5) is 56.5. The number of aliphatic carboxylic acids is 1. The molecule has 4 heterocycles. The lowest BCUT2D eigenvalue weighted by molar-refractivity contribution is -0.679. The van der Waals surface area contributed by atoms with E-state index >= 15 is 0 Å². The maximum Gasteiger partial charge on any atom is 0.352 e. The van der Waals surface area contributed by atoms with Gasteiger partial charge in [0.2, 0.25) is 12.4 Å². The zero-order valence-electron chi connectivity index (χ0n) is 22.6. The van der Waals surface area contributed by atoms with Crippen molar-refractivity contribution in [2.45, 2.75) is 16.3 Å². The van der Waals surface area contributed by atoms with Crippen molar-refractivity contribution in [2.75, 3.05) is 29.3 Å². The average Bonchev–Trinajstić information content (AvgIpc) is 3.44. The van der Waals surface area contributed by atoms with E-state index < -0.39 is 46.6 Å². The van der Waals surface area contributed by atoms with Crippen molar-refractivity contribution < 1.29 is 44.4 Å². The summed E-state index contributed by atoms with van der Waals surface area (Å²) in [6, 6.07) is 6.21. The van der Waals surface area contributed by atoms with Crippen LogP contribution >= 0.6 is 34.9 Å². The van der Waals surface area contributed by atoms with E-state index in [2.05, 4.69) is 15.5 Å². The van der Waals surface area contributed by atoms with Gasteiger partial charge in [-0.3, -0.25) is 19.3 Å². The van der Waals surface area contributed by atoms with Gasteiger partial charge in [-0.05, 0) is 23.8 Å². The molecule has 0 bridgehead atoms. The molecule has 0 spiro atoms. The minimum atomic E-state index is -1.27. The maximum absolute atomic E-state index is 13.0. The molecule has 1 saturated heterocycles. The summed E-state index contributed by atoms with van der Waals surface area (Å²) in [6.45, 7) is 0. The van der Waals surface area contributed by atoms with E-state index in [0.717, 1.165) is 27.2 Å². The maximum atomic E-state index is 13.0. The highest BCUT2D eigenvalue weighted by Crippen LogP contribution is 2.41. The molecule has 228 valence electrons. The van der Waals surface area contributed by atoms with E-state index in [1.54, 1.807) is 24.5 Å². The van der Waals surface area contributed by atoms with Crippen LogP contribution in [0.3, 0.4) is 0 Å². The number of nitrogens with one attached hydrogen (secondary N) is 1. The average molecular weight is 659 g/mol. The lowest BCUT2D eigenvalue weighted by atomic mass is 10.0. The van der Waals surface area contributed by atoms with Gasteiger partial charge in [0.1, 0.15) is 22.8 Å². The molecule has 18 heteroatoms. The number of anilines is 1. The van der Waals surface area contributed by atoms with Crippen molar-refractivity contribution in [2.24, 2.45) is 5.16 Å². The van der Waals surface area contributed by atoms with Gasteiger partial charge in [0.15, 0.2) is 22.3 Å². The molecule has 15 nitrogen and oxygen atoms in total. The number of nitrogens with zero attached hydrogens (tertiary/aromatic N) is 5. The van der Waals surface area contributed by atoms with E-state index in [1.807, 2.05) is 0 Å². The first-order valence-corrected chi connectivity index (χ1v) is 15.5. The number of phenols is 2. The van der Waals surface area contributed by atoms with Gasteiger partial charge in [0, 0.05) is 39.5 Å². The van der Waals surface area contributed by atoms with Crippen molar-refractivity contribution in [1.82, 2.24) is 15.2 Å². The van der Waals surface area contributed by atoms with E-state index in [0.29, 0.717) is 11.3 Å². The van der Waals surface area contributed by atoms with Crippen LogP contribution in [-0.2, 0) is 14.4 Å². The molecule has 0 saturated carbocycles. The Bertz CT molecular complexity index is 1730. The number of nitrogen functional groups attached to an aromatic ring is 1. The second-order valence-electron chi connectivity index (χ2n) is 9.37. The largest absolute Gasteiger partial charge is 0.504 e. The van der Waals surface area contributed by atoms with Gasteiger partial charge in [0.25, 0.3) is 11.8 Å². The molecule has 2 aromatic heterocycles. The zero-order valence-corrected chi connectivity index (χ0v) is 25.1. The molecule has 3 amide bonds. The van der Waals surface area contributed by atoms with Crippen LogP contribution in [0.1, 0.15) is 16.1 Å². The van der Waals surface area contributed by atoms with Crippen LogP contribution in [0.25, 0.3) is 0 Å². The molecule has 0 radical (unpaired) electrons. The van der Waals surface area contributed by atoms with Crippen molar-refractivity contribution in [1.29, 1.82) is 0 Å². The Morgan fingerprint density at radius 2 is 1.95 bits per heavy atom. The van der Waals surface area contributed by atoms with E-state index in [-0.39, 0.29) is 33.6 Å². The number of oxime groups is 1. The molecule has 3 aromatic rings. The predicted octanol–water partition coefficient (Wildman–Crippen LogP) is 0.541. The zero-order chi connectivity index (χ0) is 31.7. The summed E-state index contributed by atoms with van der Waals surface area (Å²) in [6.07, 6.45) is 3.27. The van der Waals surface area contributed by atoms with Gasteiger partial charge in [-0.2, -0.15) is 0 Å². The van der Waals surface area contributed by atoms with Gasteiger partial charge in [-0.1, -0.05) is 9.83 Å². The highest BCUT2D eigenvalue weighted by Gasteiger charge is 2.54. The number of thioether (sulfide) groups is 2. The van der Waals surface area contributed by atoms with Gasteiger partial charge in [0.05, 0.1) is 7.05 Å². The fraction of sp³-hybridized carbons (Fsp3) is 0.192. The number of benzene rings is 1. The Balaban J connectivity index is 1.23. The van der Waals surface area contributed by atoms with Gasteiger partial charge >= 0.3 is 11.9 Å². The number of carbonyl (C=O) groups excluding carboxylic acids is 3. The topological polar surface area (TPSA) is 223 Å². The monoisotopic (exact) mass is 658 g/mol. The van der Waals surface area contributed by atoms with E-state index in [9.17, 15) is 39.7 Å². The quantitative estimate of drug-likeness (QED) is 0.0353. The predicted molar refractivity (Wildman–Crippen MR) is 160 cm³/mol. The third-order valence-corrected chi connectivity index (χ3v) is 9.79. The molecule has 5 rings (SSSR count). The fourth-order valence-electron chi connectivity index (χ4n) is 4.43. The molecule has 2 atom stereocenters. The number of rotatable bonds is 9. The summed E-state index contributed by atoms with van der Waals surface area (Å²) < 4.78 is 1.52. The number of amides is 3. The van der Waals surface area contributed by atoms with Crippen LogP contribution in [0.4, 0.5) is 5.13 Å². The van der Waals surface area contributed by atoms with Crippen LogP contribution in [0.15, 0.2) is 69.4 Å². The number of hydrogen-bond donors (Lipinski definition) is 6. The molecule has 2 aliphatic heterocycles. The van der Waals surface area contributed by atoms with Crippen molar-refractivity contribution in [3.05, 3.63) is 70.6 Å². The van der Waals surface area contributed by atoms with Crippen LogP contribution < -0.4 is 20.7 Å². The Kier molecular flexibility index (Phi) is 8.66. The van der Waals surface area contributed by atoms with E-state index in [1.165, 1.54) is 57.8 Å². The molecule has 44 heavy (non-hydrogen) atoms. The standard InChI is InChI=1S/C26H23N7O8S3/c1-31(22(37)12-2-3-16(34)17(35)8-12)32-6-4-14(5-7-32)42-9-13-10-43-24-19(23(38)33(24)20(13)25(39)40)29-21(36)18(30-41)15-11-44-26(27)28-15/h2-8,11,19,24H,9-10H2,1H3,(H6-,27,28,29,30,34,35,36,37,39,40,41)/p+1/t19-,24-/m1/s1. The third-order valence-electron chi connectivity index (χ3n) is 6.67. The van der Waals surface area contributed by atoms with Crippen molar-refractivity contribution in [3.8, 4) is 11.5 Å². The highest BCUT2D eigenvalue weighted by molar-refractivity contribution is 8.01. The van der Waals surface area contributed by atoms with Crippen LogP contribution in [-0.4, -0.2) is 89.8 Å². The summed E-state index contributed by atoms with van der Waals surface area (Å²) in [7, 11) is 1.53. The first-order valence-electron chi connectivity index (χ1n) is 12.6. The third kappa shape index (κ3) is 5.86. The number of aromatic hydroxyl groups is 2. The molecule has 1 fully saturated rings. The minimum absolute atomic E-state index is 0.0418. The lowest BCUT2D eigenvalue weighted by Gasteiger charge is -2.49. The summed E-state index contributed by atoms with van der Waals surface area (Å²) in [5.41, 5.74) is 5.75. The van der Waals surface area contributed by atoms with Crippen LogP contribution in [0, 0.1) is 0 Å². The van der Waals surface area contributed by atoms with Crippen molar-refractivity contribution in [3.63, 3.8) is 0 Å². The fourth-order valence-corrected chi connectivity index (χ4v) is 7.35. The minimum Gasteiger partial charge on any atom is -0.504 e. The number of pyridine rings is 1. The summed E-state index contributed by atoms with van der Waals surface area (Å²) in [5.74, 6) is -3.36. The van der Waals surface area contributed by atoms with Gasteiger partial charge in [-0.25, -0.2) is 9.78 Å². The van der Waals surface area contributed by atoms with Gasteiger partial charge < -0.3 is 31.6 Å². The molecule has 1 aromatic carbocycles. The molecule has 0 unspecified atom stereocenters. The van der Waals surface area contributed by atoms with Gasteiger partial charge in [-0.15, -0.1) is 39.9 Å². The Morgan fingerprint density at radius 1 is 1.23 bits per heavy atom. The van der Waals surface area contributed by atoms with Crippen LogP contribution in [0.5, 0.6) is 11.5 Å². The number of hydrogen-bond acceptors (Lipinski definition) is 13. The second-order valence-corrected chi connectivity index (χ2v) is 12.4. The summed E-state index contributed by atoms with van der Waals surface area (Å²) in [5, 5.41) is 46.2. The number of aromatic nitrogens is 2. The lowest BCUT2D eigenvalue weighted by Crippen LogP contribution is -2.71. The number of β-lactam (4-membered cyclic amide) rings is 1. The number of carboxylic acids is 1. The normalized spacial score (nSPS) is 18.0. The Morgan fingerprint density at radius 3 is 2.57 bits per heavy atom. The number of carboxylic acid groups (broad SMARTS) is 1. The number of carbonyl (C=O) groups is 4. The second kappa shape index (κ2) is 12.4. The Hall–Kier alpha value is -4.81. The van der Waals surface area contributed by atoms with Crippen molar-refractivity contribution >= 4 is 69.4 Å². The van der Waals surface area contributed by atoms with E-state index in [4.69, 9.17) is 5.73 Å². The first-order chi connectivity index (χ1) is 21.0. The Labute approximate surface area is 261 Å². The van der Waals surface area contributed by atoms with Crippen LogP contribution in [0.2, 0.25) is 0 Å². The number of fused-ring (bicyclic) bond motifs is 1. The molecule has 2 aliphatic rings. The molecular formula is C26H24N7O8S3+. The highest BCUT2D eigenvalue weighted by atomic mass is 32.2. The number of phenolic OH excluding ortho intramolecular Hbond substituents is 2. The molecule has 0 aliphatic carbocycles. The first kappa shape index (κ1) is 30.6. The molecular weight excluding hydrogens is 635 g/mol. The summed E-state index contributed by atoms with van der Waals surface area (Å²) >= 11 is 3.68. The SMILES string of the molecule is CN(C(=O)c1ccc(O)c(O)c1)[n+]1ccc(SCC2=C(C(=O)O)N3C(=O)[C@@H](NC(=O)/C(=N\O)c4csc(N)n4)[C@H]3SC2)cc1. The number of thiazole rings is 1. The molecule has 7 N–H and O–H groups in total. The smallest absolute Gasteiger partial charge is 0.352 e. The number of nitrogens with two attached hydrogens (primary N) is 1.